The number of carbonyl (C=O) groups excluding carboxylic acids is 2. The largest absolute Gasteiger partial charge is 0.452 e. The molecule has 0 aromatic heterocycles. The zero-order valence-corrected chi connectivity index (χ0v) is 13.2. The average molecular weight is 349 g/mol. The summed E-state index contributed by atoms with van der Waals surface area (Å²) in [4.78, 5) is 23.6. The Bertz CT molecular complexity index is 783. The summed E-state index contributed by atoms with van der Waals surface area (Å²) in [5, 5.41) is 11.8. The molecule has 2 aromatic rings. The molecule has 0 saturated heterocycles. The van der Waals surface area contributed by atoms with E-state index in [1.807, 2.05) is 6.07 Å². The number of anilines is 1. The lowest BCUT2D eigenvalue weighted by Gasteiger charge is -2.07. The number of nitriles is 1. The molecule has 0 unspecified atom stereocenters. The molecule has 0 spiro atoms. The van der Waals surface area contributed by atoms with Crippen LogP contribution in [0.3, 0.4) is 0 Å². The number of carbonyl (C=O) groups is 2. The molecule has 1 amide bonds. The maximum atomic E-state index is 11.9. The summed E-state index contributed by atoms with van der Waals surface area (Å²) in [5.41, 5.74) is 1.10. The van der Waals surface area contributed by atoms with Crippen molar-refractivity contribution in [3.05, 3.63) is 63.6 Å². The molecular weight excluding hydrogens is 339 g/mol. The highest BCUT2D eigenvalue weighted by molar-refractivity contribution is 6.36. The van der Waals surface area contributed by atoms with Gasteiger partial charge < -0.3 is 10.1 Å². The lowest BCUT2D eigenvalue weighted by atomic mass is 10.2. The Balaban J connectivity index is 1.90. The van der Waals surface area contributed by atoms with Crippen molar-refractivity contribution >= 4 is 40.8 Å². The summed E-state index contributed by atoms with van der Waals surface area (Å²) in [7, 11) is 0. The van der Waals surface area contributed by atoms with Crippen molar-refractivity contribution in [2.24, 2.45) is 0 Å². The minimum Gasteiger partial charge on any atom is -0.452 e. The van der Waals surface area contributed by atoms with E-state index in [0.29, 0.717) is 16.3 Å². The second kappa shape index (κ2) is 7.63. The maximum absolute atomic E-state index is 11.9. The Morgan fingerprint density at radius 2 is 1.83 bits per heavy atom. The van der Waals surface area contributed by atoms with Gasteiger partial charge in [0, 0.05) is 10.7 Å². The van der Waals surface area contributed by atoms with Crippen molar-refractivity contribution in [1.82, 2.24) is 0 Å². The molecular formula is C16H10Cl2N2O3. The summed E-state index contributed by atoms with van der Waals surface area (Å²) in [6.45, 7) is -0.461. The third-order valence-electron chi connectivity index (χ3n) is 2.78. The van der Waals surface area contributed by atoms with Gasteiger partial charge >= 0.3 is 5.97 Å². The molecule has 0 atom stereocenters. The molecule has 2 aromatic carbocycles. The van der Waals surface area contributed by atoms with Crippen LogP contribution < -0.4 is 5.32 Å². The summed E-state index contributed by atoms with van der Waals surface area (Å²) in [6.07, 6.45) is 0. The monoisotopic (exact) mass is 348 g/mol. The van der Waals surface area contributed by atoms with Gasteiger partial charge in [0.25, 0.3) is 5.91 Å². The fourth-order valence-electron chi connectivity index (χ4n) is 1.69. The lowest BCUT2D eigenvalue weighted by molar-refractivity contribution is -0.119. The highest BCUT2D eigenvalue weighted by atomic mass is 35.5. The number of ether oxygens (including phenoxy) is 1. The van der Waals surface area contributed by atoms with E-state index in [-0.39, 0.29) is 10.6 Å². The number of amides is 1. The molecule has 5 nitrogen and oxygen atoms in total. The van der Waals surface area contributed by atoms with E-state index in [0.717, 1.165) is 0 Å². The quantitative estimate of drug-likeness (QED) is 0.855. The number of nitrogens with one attached hydrogen (secondary N) is 1. The molecule has 7 heteroatoms. The molecule has 0 fully saturated rings. The van der Waals surface area contributed by atoms with E-state index in [1.165, 1.54) is 18.2 Å². The fraction of sp³-hybridized carbons (Fsp3) is 0.0625. The van der Waals surface area contributed by atoms with Crippen LogP contribution in [-0.2, 0) is 9.53 Å². The highest BCUT2D eigenvalue weighted by Gasteiger charge is 2.14. The van der Waals surface area contributed by atoms with Gasteiger partial charge in [0.05, 0.1) is 22.2 Å². The van der Waals surface area contributed by atoms with Gasteiger partial charge in [0.2, 0.25) is 0 Å². The molecule has 0 aliphatic heterocycles. The van der Waals surface area contributed by atoms with Crippen LogP contribution >= 0.6 is 23.2 Å². The molecule has 0 bridgehead atoms. The normalized spacial score (nSPS) is 9.78. The number of nitrogens with zero attached hydrogens (tertiary/aromatic N) is 1. The van der Waals surface area contributed by atoms with Gasteiger partial charge in [-0.25, -0.2) is 4.79 Å². The Labute approximate surface area is 142 Å². The first-order valence-corrected chi connectivity index (χ1v) is 7.17. The van der Waals surface area contributed by atoms with Crippen LogP contribution in [0.5, 0.6) is 0 Å². The number of hydrogen-bond donors (Lipinski definition) is 1. The molecule has 0 heterocycles. The van der Waals surface area contributed by atoms with Crippen molar-refractivity contribution < 1.29 is 14.3 Å². The first kappa shape index (κ1) is 16.8. The lowest BCUT2D eigenvalue weighted by Crippen LogP contribution is -2.21. The van der Waals surface area contributed by atoms with Gasteiger partial charge in [0.1, 0.15) is 0 Å². The summed E-state index contributed by atoms with van der Waals surface area (Å²) < 4.78 is 4.90. The molecule has 0 aliphatic carbocycles. The average Bonchev–Trinajstić information content (AvgIpc) is 2.53. The van der Waals surface area contributed by atoms with Crippen LogP contribution in [0.15, 0.2) is 42.5 Å². The Kier molecular flexibility index (Phi) is 5.58. The van der Waals surface area contributed by atoms with Gasteiger partial charge in [0.15, 0.2) is 6.61 Å². The van der Waals surface area contributed by atoms with Crippen LogP contribution in [0.25, 0.3) is 0 Å². The first-order chi connectivity index (χ1) is 11.0. The summed E-state index contributed by atoms with van der Waals surface area (Å²) >= 11 is 11.6. The standard InChI is InChI=1S/C16H10Cl2N2O3/c17-11-3-6-13(14(18)7-11)16(22)23-9-15(21)20-12-4-1-10(8-19)2-5-12/h1-7H,9H2,(H,20,21). The molecule has 116 valence electrons. The second-order valence-electron chi connectivity index (χ2n) is 4.44. The smallest absolute Gasteiger partial charge is 0.340 e. The van der Waals surface area contributed by atoms with Crippen molar-refractivity contribution in [2.75, 3.05) is 11.9 Å². The van der Waals surface area contributed by atoms with E-state index in [2.05, 4.69) is 5.32 Å². The Hall–Kier alpha value is -2.55. The zero-order chi connectivity index (χ0) is 16.8. The van der Waals surface area contributed by atoms with Crippen LogP contribution in [0.4, 0.5) is 5.69 Å². The van der Waals surface area contributed by atoms with E-state index in [4.69, 9.17) is 33.2 Å². The minimum atomic E-state index is -0.721. The molecule has 1 N–H and O–H groups in total. The third-order valence-corrected chi connectivity index (χ3v) is 3.33. The second-order valence-corrected chi connectivity index (χ2v) is 5.28. The zero-order valence-electron chi connectivity index (χ0n) is 11.7. The van der Waals surface area contributed by atoms with Gasteiger partial charge in [-0.3, -0.25) is 4.79 Å². The van der Waals surface area contributed by atoms with Gasteiger partial charge in [-0.05, 0) is 42.5 Å². The number of esters is 1. The molecule has 0 saturated carbocycles. The van der Waals surface area contributed by atoms with Crippen molar-refractivity contribution in [1.29, 1.82) is 5.26 Å². The van der Waals surface area contributed by atoms with E-state index < -0.39 is 18.5 Å². The summed E-state index contributed by atoms with van der Waals surface area (Å²) in [6, 6.07) is 12.6. The summed E-state index contributed by atoms with van der Waals surface area (Å²) in [5.74, 6) is -1.23. The Morgan fingerprint density at radius 1 is 1.13 bits per heavy atom. The number of rotatable bonds is 4. The van der Waals surface area contributed by atoms with E-state index in [9.17, 15) is 9.59 Å². The number of hydrogen-bond acceptors (Lipinski definition) is 4. The van der Waals surface area contributed by atoms with Crippen LogP contribution in [0, 0.1) is 11.3 Å². The van der Waals surface area contributed by atoms with Crippen molar-refractivity contribution in [2.45, 2.75) is 0 Å². The predicted molar refractivity (Wildman–Crippen MR) is 86.5 cm³/mol. The van der Waals surface area contributed by atoms with Crippen molar-refractivity contribution in [3.8, 4) is 6.07 Å². The van der Waals surface area contributed by atoms with Crippen LogP contribution in [-0.4, -0.2) is 18.5 Å². The highest BCUT2D eigenvalue weighted by Crippen LogP contribution is 2.21. The van der Waals surface area contributed by atoms with Gasteiger partial charge in [-0.2, -0.15) is 5.26 Å². The molecule has 0 radical (unpaired) electrons. The Morgan fingerprint density at radius 3 is 2.43 bits per heavy atom. The molecule has 0 aliphatic rings. The molecule has 23 heavy (non-hydrogen) atoms. The van der Waals surface area contributed by atoms with E-state index >= 15 is 0 Å². The molecule has 2 rings (SSSR count). The van der Waals surface area contributed by atoms with Crippen LogP contribution in [0.2, 0.25) is 10.0 Å². The van der Waals surface area contributed by atoms with Gasteiger partial charge in [-0.15, -0.1) is 0 Å². The minimum absolute atomic E-state index is 0.127. The van der Waals surface area contributed by atoms with E-state index in [1.54, 1.807) is 24.3 Å². The number of halogens is 2. The SMILES string of the molecule is N#Cc1ccc(NC(=O)COC(=O)c2ccc(Cl)cc2Cl)cc1. The van der Waals surface area contributed by atoms with Gasteiger partial charge in [-0.1, -0.05) is 23.2 Å². The van der Waals surface area contributed by atoms with Crippen LogP contribution in [0.1, 0.15) is 15.9 Å². The third kappa shape index (κ3) is 4.71. The topological polar surface area (TPSA) is 79.2 Å². The first-order valence-electron chi connectivity index (χ1n) is 6.42. The number of benzene rings is 2. The maximum Gasteiger partial charge on any atom is 0.340 e. The van der Waals surface area contributed by atoms with Crippen molar-refractivity contribution in [3.63, 3.8) is 0 Å². The predicted octanol–water partition coefficient (Wildman–Crippen LogP) is 3.66. The fourth-order valence-corrected chi connectivity index (χ4v) is 2.17.